The molecule has 0 radical (unpaired) electrons. The van der Waals surface area contributed by atoms with Crippen LogP contribution in [0.15, 0.2) is 48.5 Å². The molecule has 6 atom stereocenters. The Morgan fingerprint density at radius 3 is 2.52 bits per heavy atom. The molecule has 0 bridgehead atoms. The molecule has 1 fully saturated rings. The molecule has 3 aromatic rings. The fourth-order valence-electron chi connectivity index (χ4n) is 3.82. The van der Waals surface area contributed by atoms with E-state index >= 15 is 0 Å². The van der Waals surface area contributed by atoms with Gasteiger partial charge in [-0.3, -0.25) is 0 Å². The zero-order valence-corrected chi connectivity index (χ0v) is 17.3. The summed E-state index contributed by atoms with van der Waals surface area (Å²) in [6.45, 7) is 1.61. The van der Waals surface area contributed by atoms with Crippen LogP contribution < -0.4 is 0 Å². The highest BCUT2D eigenvalue weighted by Gasteiger charge is 2.44. The van der Waals surface area contributed by atoms with Gasteiger partial charge >= 0.3 is 0 Å². The molecule has 4 rings (SSSR count). The van der Waals surface area contributed by atoms with Gasteiger partial charge in [-0.1, -0.05) is 48.9 Å². The van der Waals surface area contributed by atoms with Crippen LogP contribution in [0.1, 0.15) is 34.9 Å². The van der Waals surface area contributed by atoms with Gasteiger partial charge in [0, 0.05) is 20.5 Å². The van der Waals surface area contributed by atoms with Crippen molar-refractivity contribution >= 4 is 33.0 Å². The minimum absolute atomic E-state index is 0.0183. The van der Waals surface area contributed by atoms with E-state index in [1.165, 1.54) is 15.0 Å². The molecule has 1 aliphatic rings. The summed E-state index contributed by atoms with van der Waals surface area (Å²) in [7, 11) is 0. The van der Waals surface area contributed by atoms with Gasteiger partial charge in [0.05, 0.1) is 6.61 Å². The Kier molecular flexibility index (Phi) is 5.95. The lowest BCUT2D eigenvalue weighted by Gasteiger charge is -2.40. The Hall–Kier alpha value is -1.51. The van der Waals surface area contributed by atoms with Crippen LogP contribution in [-0.2, 0) is 4.74 Å². The third-order valence-electron chi connectivity index (χ3n) is 5.58. The van der Waals surface area contributed by atoms with Crippen molar-refractivity contribution in [3.05, 3.63) is 69.6 Å². The summed E-state index contributed by atoms with van der Waals surface area (Å²) >= 11 is 8.20. The van der Waals surface area contributed by atoms with Crippen molar-refractivity contribution in [3.63, 3.8) is 0 Å². The summed E-state index contributed by atoms with van der Waals surface area (Å²) in [6.07, 6.45) is -5.93. The topological polar surface area (TPSA) is 90.2 Å². The number of fused-ring (bicyclic) bond motifs is 1. The molecule has 7 heteroatoms. The zero-order chi connectivity index (χ0) is 20.7. The molecule has 0 spiro atoms. The molecule has 2 heterocycles. The van der Waals surface area contributed by atoms with Crippen molar-refractivity contribution < 1.29 is 25.2 Å². The van der Waals surface area contributed by atoms with Crippen molar-refractivity contribution in [2.24, 2.45) is 0 Å². The molecule has 0 amide bonds. The number of hydrogen-bond acceptors (Lipinski definition) is 6. The SMILES string of the molecule is CC(c1cc2ccccc2s1)c1cc(C2OC(CO)C(O)C(O)C2O)ccc1Cl. The van der Waals surface area contributed by atoms with Crippen molar-refractivity contribution in [1.82, 2.24) is 0 Å². The fraction of sp³-hybridized carbons (Fsp3) is 0.364. The van der Waals surface area contributed by atoms with E-state index in [0.717, 1.165) is 5.56 Å². The first-order chi connectivity index (χ1) is 13.9. The van der Waals surface area contributed by atoms with Gasteiger partial charge < -0.3 is 25.2 Å². The normalized spacial score (nSPS) is 28.6. The summed E-state index contributed by atoms with van der Waals surface area (Å²) in [5.41, 5.74) is 1.52. The Labute approximate surface area is 177 Å². The molecule has 2 aromatic carbocycles. The molecule has 0 aliphatic carbocycles. The fourth-order valence-corrected chi connectivity index (χ4v) is 5.23. The first-order valence-corrected chi connectivity index (χ1v) is 10.7. The highest BCUT2D eigenvalue weighted by molar-refractivity contribution is 7.19. The summed E-state index contributed by atoms with van der Waals surface area (Å²) in [5, 5.41) is 41.8. The van der Waals surface area contributed by atoms with Crippen LogP contribution in [0.4, 0.5) is 0 Å². The second kappa shape index (κ2) is 8.32. The Morgan fingerprint density at radius 2 is 1.79 bits per heavy atom. The molecular formula is C22H23ClO5S. The number of hydrogen-bond donors (Lipinski definition) is 4. The van der Waals surface area contributed by atoms with Crippen LogP contribution in [0.3, 0.4) is 0 Å². The Bertz CT molecular complexity index is 971. The van der Waals surface area contributed by atoms with Crippen molar-refractivity contribution in [2.45, 2.75) is 43.4 Å². The average molecular weight is 435 g/mol. The first kappa shape index (κ1) is 20.8. The van der Waals surface area contributed by atoms with Gasteiger partial charge in [-0.2, -0.15) is 0 Å². The lowest BCUT2D eigenvalue weighted by atomic mass is 9.89. The lowest BCUT2D eigenvalue weighted by molar-refractivity contribution is -0.231. The first-order valence-electron chi connectivity index (χ1n) is 9.49. The van der Waals surface area contributed by atoms with Crippen LogP contribution >= 0.6 is 22.9 Å². The van der Waals surface area contributed by atoms with E-state index in [1.807, 2.05) is 18.2 Å². The smallest absolute Gasteiger partial charge is 0.113 e. The second-order valence-corrected chi connectivity index (χ2v) is 8.96. The van der Waals surface area contributed by atoms with E-state index in [0.29, 0.717) is 10.6 Å². The van der Waals surface area contributed by atoms with Crippen LogP contribution in [0.2, 0.25) is 5.02 Å². The summed E-state index contributed by atoms with van der Waals surface area (Å²) in [5.74, 6) is 0.0183. The predicted octanol–water partition coefficient (Wildman–Crippen LogP) is 3.22. The summed E-state index contributed by atoms with van der Waals surface area (Å²) < 4.78 is 6.90. The van der Waals surface area contributed by atoms with E-state index in [2.05, 4.69) is 25.1 Å². The molecule has 29 heavy (non-hydrogen) atoms. The van der Waals surface area contributed by atoms with Crippen molar-refractivity contribution in [3.8, 4) is 0 Å². The van der Waals surface area contributed by atoms with Gasteiger partial charge in [-0.25, -0.2) is 0 Å². The molecule has 4 N–H and O–H groups in total. The number of thiophene rings is 1. The van der Waals surface area contributed by atoms with E-state index < -0.39 is 37.1 Å². The number of rotatable bonds is 4. The lowest BCUT2D eigenvalue weighted by Crippen LogP contribution is -2.55. The third kappa shape index (κ3) is 3.82. The van der Waals surface area contributed by atoms with E-state index in [9.17, 15) is 20.4 Å². The van der Waals surface area contributed by atoms with Crippen LogP contribution in [-0.4, -0.2) is 51.4 Å². The van der Waals surface area contributed by atoms with Gasteiger partial charge in [-0.05, 0) is 34.7 Å². The minimum Gasteiger partial charge on any atom is -0.394 e. The predicted molar refractivity (Wildman–Crippen MR) is 114 cm³/mol. The summed E-state index contributed by atoms with van der Waals surface area (Å²) in [4.78, 5) is 1.17. The Morgan fingerprint density at radius 1 is 1.03 bits per heavy atom. The minimum atomic E-state index is -1.41. The number of benzene rings is 2. The number of halogens is 1. The largest absolute Gasteiger partial charge is 0.394 e. The highest BCUT2D eigenvalue weighted by atomic mass is 35.5. The zero-order valence-electron chi connectivity index (χ0n) is 15.8. The Balaban J connectivity index is 1.68. The van der Waals surface area contributed by atoms with Crippen LogP contribution in [0.5, 0.6) is 0 Å². The maximum atomic E-state index is 10.4. The van der Waals surface area contributed by atoms with Gasteiger partial charge in [-0.15, -0.1) is 11.3 Å². The van der Waals surface area contributed by atoms with E-state index in [-0.39, 0.29) is 5.92 Å². The maximum Gasteiger partial charge on any atom is 0.113 e. The monoisotopic (exact) mass is 434 g/mol. The van der Waals surface area contributed by atoms with Gasteiger partial charge in [0.2, 0.25) is 0 Å². The number of aliphatic hydroxyl groups is 4. The molecule has 1 saturated heterocycles. The molecule has 1 aromatic heterocycles. The molecule has 1 aliphatic heterocycles. The quantitative estimate of drug-likeness (QED) is 0.506. The maximum absolute atomic E-state index is 10.4. The standard InChI is InChI=1S/C22H23ClO5S/c1-11(18-9-12-4-2-3-5-17(12)29-18)14-8-13(6-7-15(14)23)22-21(27)20(26)19(25)16(10-24)28-22/h2-9,11,16,19-22,24-27H,10H2,1H3. The van der Waals surface area contributed by atoms with Gasteiger partial charge in [0.1, 0.15) is 30.5 Å². The van der Waals surface area contributed by atoms with Crippen molar-refractivity contribution in [2.75, 3.05) is 6.61 Å². The molecule has 154 valence electrons. The van der Waals surface area contributed by atoms with Crippen molar-refractivity contribution in [1.29, 1.82) is 0 Å². The van der Waals surface area contributed by atoms with E-state index in [1.54, 1.807) is 23.5 Å². The van der Waals surface area contributed by atoms with Crippen LogP contribution in [0, 0.1) is 0 Å². The molecular weight excluding hydrogens is 412 g/mol. The highest BCUT2D eigenvalue weighted by Crippen LogP contribution is 2.39. The average Bonchev–Trinajstić information content (AvgIpc) is 3.17. The van der Waals surface area contributed by atoms with Gasteiger partial charge in [0.15, 0.2) is 0 Å². The third-order valence-corrected chi connectivity index (χ3v) is 7.22. The summed E-state index contributed by atoms with van der Waals surface area (Å²) in [6, 6.07) is 15.7. The molecule has 5 nitrogen and oxygen atoms in total. The molecule has 6 unspecified atom stereocenters. The van der Waals surface area contributed by atoms with E-state index in [4.69, 9.17) is 16.3 Å². The van der Waals surface area contributed by atoms with Crippen LogP contribution in [0.25, 0.3) is 10.1 Å². The second-order valence-electron chi connectivity index (χ2n) is 7.44. The number of aliphatic hydroxyl groups excluding tert-OH is 4. The van der Waals surface area contributed by atoms with Gasteiger partial charge in [0.25, 0.3) is 0 Å². The number of ether oxygens (including phenoxy) is 1. The molecule has 0 saturated carbocycles.